The summed E-state index contributed by atoms with van der Waals surface area (Å²) in [5, 5.41) is 7.12. The molecule has 1 spiro atoms. The van der Waals surface area contributed by atoms with Crippen molar-refractivity contribution in [2.45, 2.75) is 44.6 Å². The number of nitrogens with zero attached hydrogens (tertiary/aromatic N) is 2. The van der Waals surface area contributed by atoms with Gasteiger partial charge >= 0.3 is 18.3 Å². The van der Waals surface area contributed by atoms with Crippen molar-refractivity contribution in [3.8, 4) is 0 Å². The standard InChI is InChI=1S/C24H27F3N2O.C2HF3O2/c25-24(26,27)21-8-4-5-19(17-21)18-28-13-9-23(10-14-28)11-15-29(16-12-23)22(30)20-6-2-1-3-7-20;3-2(4,5)1(6)7/h1-8,17H,9-16,18H2;(H,6,7). The topological polar surface area (TPSA) is 60.9 Å². The van der Waals surface area contributed by atoms with Crippen molar-refractivity contribution in [1.82, 2.24) is 9.80 Å². The van der Waals surface area contributed by atoms with Gasteiger partial charge in [0.2, 0.25) is 0 Å². The van der Waals surface area contributed by atoms with Gasteiger partial charge < -0.3 is 10.0 Å². The molecule has 0 aliphatic carbocycles. The molecule has 2 saturated heterocycles. The van der Waals surface area contributed by atoms with Crippen LogP contribution in [0.4, 0.5) is 26.3 Å². The second kappa shape index (κ2) is 11.5. The number of carboxylic acids is 1. The minimum atomic E-state index is -5.08. The minimum absolute atomic E-state index is 0.104. The highest BCUT2D eigenvalue weighted by Gasteiger charge is 2.39. The van der Waals surface area contributed by atoms with E-state index in [2.05, 4.69) is 4.90 Å². The maximum Gasteiger partial charge on any atom is 0.490 e. The molecule has 5 nitrogen and oxygen atoms in total. The van der Waals surface area contributed by atoms with Crippen molar-refractivity contribution in [1.29, 1.82) is 0 Å². The molecule has 0 bridgehead atoms. The summed E-state index contributed by atoms with van der Waals surface area (Å²) in [6.07, 6.45) is -5.29. The summed E-state index contributed by atoms with van der Waals surface area (Å²) < 4.78 is 70.6. The summed E-state index contributed by atoms with van der Waals surface area (Å²) >= 11 is 0. The highest BCUT2D eigenvalue weighted by Crippen LogP contribution is 2.42. The fourth-order valence-corrected chi connectivity index (χ4v) is 4.74. The Morgan fingerprint density at radius 1 is 0.811 bits per heavy atom. The van der Waals surface area contributed by atoms with Crippen LogP contribution in [0.25, 0.3) is 0 Å². The Morgan fingerprint density at radius 3 is 1.86 bits per heavy atom. The van der Waals surface area contributed by atoms with E-state index in [-0.39, 0.29) is 11.3 Å². The van der Waals surface area contributed by atoms with Gasteiger partial charge in [-0.1, -0.05) is 36.4 Å². The number of carbonyl (C=O) groups is 2. The number of amides is 1. The van der Waals surface area contributed by atoms with Crippen molar-refractivity contribution >= 4 is 11.9 Å². The highest BCUT2D eigenvalue weighted by atomic mass is 19.4. The lowest BCUT2D eigenvalue weighted by atomic mass is 9.71. The molecule has 4 rings (SSSR count). The van der Waals surface area contributed by atoms with E-state index < -0.39 is 23.9 Å². The Hall–Kier alpha value is -3.08. The smallest absolute Gasteiger partial charge is 0.475 e. The molecule has 11 heteroatoms. The summed E-state index contributed by atoms with van der Waals surface area (Å²) in [6.45, 7) is 3.90. The SMILES string of the molecule is O=C(O)C(F)(F)F.O=C(c1ccccc1)N1CCC2(CCN(Cc3cccc(C(F)(F)F)c3)CC2)CC1. The van der Waals surface area contributed by atoms with E-state index in [0.717, 1.165) is 63.5 Å². The van der Waals surface area contributed by atoms with Crippen LogP contribution in [0, 0.1) is 5.41 Å². The van der Waals surface area contributed by atoms with Crippen LogP contribution in [0.1, 0.15) is 47.2 Å². The lowest BCUT2D eigenvalue weighted by Gasteiger charge is -2.47. The van der Waals surface area contributed by atoms with E-state index in [4.69, 9.17) is 9.90 Å². The zero-order valence-corrected chi connectivity index (χ0v) is 20.0. The summed E-state index contributed by atoms with van der Waals surface area (Å²) in [6, 6.07) is 15.1. The summed E-state index contributed by atoms with van der Waals surface area (Å²) in [7, 11) is 0. The molecule has 2 aliphatic heterocycles. The van der Waals surface area contributed by atoms with Crippen LogP contribution >= 0.6 is 0 Å². The molecule has 0 radical (unpaired) electrons. The number of alkyl halides is 6. The third-order valence-electron chi connectivity index (χ3n) is 6.95. The van der Waals surface area contributed by atoms with Gasteiger partial charge in [-0.3, -0.25) is 9.69 Å². The molecular formula is C26H28F6N2O3. The average Bonchev–Trinajstić information content (AvgIpc) is 2.86. The van der Waals surface area contributed by atoms with Gasteiger partial charge in [-0.05, 0) is 68.0 Å². The number of piperidine rings is 2. The molecule has 0 atom stereocenters. The van der Waals surface area contributed by atoms with E-state index >= 15 is 0 Å². The Balaban J connectivity index is 0.000000479. The van der Waals surface area contributed by atoms with Crippen LogP contribution in [0.2, 0.25) is 0 Å². The van der Waals surface area contributed by atoms with Crippen molar-refractivity contribution < 1.29 is 41.0 Å². The van der Waals surface area contributed by atoms with Crippen molar-refractivity contribution in [3.05, 3.63) is 71.3 Å². The molecule has 2 fully saturated rings. The molecule has 2 aromatic rings. The zero-order chi connectivity index (χ0) is 27.3. The Bertz CT molecular complexity index is 1050. The number of rotatable bonds is 3. The average molecular weight is 531 g/mol. The lowest BCUT2D eigenvalue weighted by Crippen LogP contribution is -2.48. The summed E-state index contributed by atoms with van der Waals surface area (Å²) in [4.78, 5) is 25.8. The first-order chi connectivity index (χ1) is 17.3. The first-order valence-corrected chi connectivity index (χ1v) is 11.8. The van der Waals surface area contributed by atoms with E-state index in [9.17, 15) is 31.1 Å². The quantitative estimate of drug-likeness (QED) is 0.506. The van der Waals surface area contributed by atoms with Gasteiger partial charge in [-0.2, -0.15) is 26.3 Å². The molecule has 0 unspecified atom stereocenters. The second-order valence-corrected chi connectivity index (χ2v) is 9.44. The number of halogens is 6. The molecule has 2 aliphatic rings. The van der Waals surface area contributed by atoms with E-state index in [1.54, 1.807) is 6.07 Å². The first-order valence-electron chi connectivity index (χ1n) is 11.8. The predicted octanol–water partition coefficient (Wildman–Crippen LogP) is 5.86. The predicted molar refractivity (Wildman–Crippen MR) is 124 cm³/mol. The third-order valence-corrected chi connectivity index (χ3v) is 6.95. The fraction of sp³-hybridized carbons (Fsp3) is 0.462. The van der Waals surface area contributed by atoms with Gasteiger partial charge in [-0.15, -0.1) is 0 Å². The fourth-order valence-electron chi connectivity index (χ4n) is 4.74. The molecule has 1 N–H and O–H groups in total. The maximum atomic E-state index is 12.9. The monoisotopic (exact) mass is 530 g/mol. The van der Waals surface area contributed by atoms with Crippen LogP contribution in [0.15, 0.2) is 54.6 Å². The number of carbonyl (C=O) groups excluding carboxylic acids is 1. The summed E-state index contributed by atoms with van der Waals surface area (Å²) in [5.41, 5.74) is 1.13. The van der Waals surface area contributed by atoms with E-state index in [1.807, 2.05) is 35.2 Å². The molecule has 2 heterocycles. The second-order valence-electron chi connectivity index (χ2n) is 9.44. The minimum Gasteiger partial charge on any atom is -0.475 e. The van der Waals surface area contributed by atoms with Crippen LogP contribution in [0.3, 0.4) is 0 Å². The van der Waals surface area contributed by atoms with E-state index in [1.165, 1.54) is 12.1 Å². The van der Waals surface area contributed by atoms with Crippen molar-refractivity contribution in [2.24, 2.45) is 5.41 Å². The number of aliphatic carboxylic acids is 1. The summed E-state index contributed by atoms with van der Waals surface area (Å²) in [5.74, 6) is -2.65. The van der Waals surface area contributed by atoms with Gasteiger partial charge in [0, 0.05) is 25.2 Å². The molecule has 0 aromatic heterocycles. The maximum absolute atomic E-state index is 12.9. The van der Waals surface area contributed by atoms with Gasteiger partial charge in [0.15, 0.2) is 0 Å². The van der Waals surface area contributed by atoms with Crippen LogP contribution < -0.4 is 0 Å². The number of hydrogen-bond acceptors (Lipinski definition) is 3. The number of likely N-dealkylation sites (tertiary alicyclic amines) is 2. The molecule has 202 valence electrons. The van der Waals surface area contributed by atoms with Crippen LogP contribution in [0.5, 0.6) is 0 Å². The highest BCUT2D eigenvalue weighted by molar-refractivity contribution is 5.94. The number of benzene rings is 2. The Morgan fingerprint density at radius 2 is 1.35 bits per heavy atom. The van der Waals surface area contributed by atoms with Gasteiger partial charge in [0.25, 0.3) is 5.91 Å². The van der Waals surface area contributed by atoms with Crippen molar-refractivity contribution in [3.63, 3.8) is 0 Å². The van der Waals surface area contributed by atoms with Gasteiger partial charge in [0.05, 0.1) is 5.56 Å². The zero-order valence-electron chi connectivity index (χ0n) is 20.0. The van der Waals surface area contributed by atoms with Crippen molar-refractivity contribution in [2.75, 3.05) is 26.2 Å². The normalized spacial score (nSPS) is 18.2. The molecule has 2 aromatic carbocycles. The Kier molecular flexibility index (Phi) is 8.88. The third kappa shape index (κ3) is 7.95. The van der Waals surface area contributed by atoms with Gasteiger partial charge in [0.1, 0.15) is 0 Å². The Labute approximate surface area is 210 Å². The largest absolute Gasteiger partial charge is 0.490 e. The van der Waals surface area contributed by atoms with E-state index in [0.29, 0.717) is 12.1 Å². The molecule has 0 saturated carbocycles. The number of carboxylic acid groups (broad SMARTS) is 1. The van der Waals surface area contributed by atoms with Crippen LogP contribution in [-0.4, -0.2) is 59.1 Å². The lowest BCUT2D eigenvalue weighted by molar-refractivity contribution is -0.192. The first kappa shape index (κ1) is 28.5. The number of hydrogen-bond donors (Lipinski definition) is 1. The molecule has 1 amide bonds. The molecular weight excluding hydrogens is 502 g/mol. The van der Waals surface area contributed by atoms with Gasteiger partial charge in [-0.25, -0.2) is 4.79 Å². The van der Waals surface area contributed by atoms with Crippen LogP contribution in [-0.2, 0) is 17.5 Å². The molecule has 37 heavy (non-hydrogen) atoms.